The molecule has 25 heavy (non-hydrogen) atoms. The van der Waals surface area contributed by atoms with Crippen LogP contribution in [0.1, 0.15) is 16.8 Å². The molecule has 130 valence electrons. The fourth-order valence-electron chi connectivity index (χ4n) is 2.59. The van der Waals surface area contributed by atoms with Crippen molar-refractivity contribution >= 4 is 32.9 Å². The van der Waals surface area contributed by atoms with Crippen molar-refractivity contribution < 1.29 is 14.3 Å². The number of esters is 1. The molecule has 0 atom stereocenters. The van der Waals surface area contributed by atoms with Gasteiger partial charge < -0.3 is 14.5 Å². The molecule has 1 aromatic heterocycles. The molecule has 7 heteroatoms. The molecule has 0 fully saturated rings. The van der Waals surface area contributed by atoms with E-state index < -0.39 is 5.97 Å². The van der Waals surface area contributed by atoms with E-state index in [9.17, 15) is 9.59 Å². The van der Waals surface area contributed by atoms with E-state index in [4.69, 9.17) is 9.47 Å². The highest BCUT2D eigenvalue weighted by Gasteiger charge is 2.11. The van der Waals surface area contributed by atoms with Crippen LogP contribution in [0.3, 0.4) is 0 Å². The molecule has 0 saturated carbocycles. The van der Waals surface area contributed by atoms with E-state index >= 15 is 0 Å². The van der Waals surface area contributed by atoms with E-state index in [1.165, 1.54) is 0 Å². The number of nitrogens with zero attached hydrogens (tertiary/aromatic N) is 1. The zero-order valence-corrected chi connectivity index (χ0v) is 15.2. The number of aryl methyl sites for hydroxylation is 1. The Labute approximate surface area is 152 Å². The van der Waals surface area contributed by atoms with E-state index in [1.807, 2.05) is 24.3 Å². The van der Waals surface area contributed by atoms with Crippen molar-refractivity contribution in [3.8, 4) is 5.75 Å². The van der Waals surface area contributed by atoms with Crippen LogP contribution < -0.4 is 10.4 Å². The van der Waals surface area contributed by atoms with Gasteiger partial charge in [-0.15, -0.1) is 0 Å². The number of halogens is 1. The molecule has 0 radical (unpaired) electrons. The van der Waals surface area contributed by atoms with Crippen LogP contribution >= 0.6 is 15.9 Å². The summed E-state index contributed by atoms with van der Waals surface area (Å²) >= 11 is 3.34. The maximum atomic E-state index is 12.1. The van der Waals surface area contributed by atoms with Crippen LogP contribution in [-0.4, -0.2) is 29.2 Å². The molecule has 0 unspecified atom stereocenters. The number of carbonyl (C=O) groups is 1. The van der Waals surface area contributed by atoms with Gasteiger partial charge in [-0.2, -0.15) is 0 Å². The predicted octanol–water partition coefficient (Wildman–Crippen LogP) is 3.35. The molecule has 1 heterocycles. The van der Waals surface area contributed by atoms with Crippen LogP contribution in [0.4, 0.5) is 0 Å². The number of rotatable bonds is 6. The molecule has 0 aliphatic heterocycles. The highest BCUT2D eigenvalue weighted by Crippen LogP contribution is 2.25. The van der Waals surface area contributed by atoms with Crippen molar-refractivity contribution in [1.29, 1.82) is 0 Å². The summed E-state index contributed by atoms with van der Waals surface area (Å²) in [7, 11) is 1.56. The maximum Gasteiger partial charge on any atom is 0.338 e. The van der Waals surface area contributed by atoms with E-state index in [0.717, 1.165) is 11.0 Å². The summed E-state index contributed by atoms with van der Waals surface area (Å²) in [6.45, 7) is 0.705. The number of ether oxygens (including phenoxy) is 2. The number of aromatic nitrogens is 2. The zero-order valence-electron chi connectivity index (χ0n) is 13.6. The van der Waals surface area contributed by atoms with Crippen LogP contribution in [0.15, 0.2) is 51.7 Å². The summed E-state index contributed by atoms with van der Waals surface area (Å²) < 4.78 is 12.7. The number of methoxy groups -OCH3 is 1. The summed E-state index contributed by atoms with van der Waals surface area (Å²) in [5, 5.41) is 0. The summed E-state index contributed by atoms with van der Waals surface area (Å²) in [6, 6.07) is 12.5. The molecule has 0 aliphatic rings. The third-order valence-electron chi connectivity index (χ3n) is 3.83. The normalized spacial score (nSPS) is 10.8. The van der Waals surface area contributed by atoms with Gasteiger partial charge in [-0.25, -0.2) is 9.59 Å². The third-order valence-corrected chi connectivity index (χ3v) is 4.45. The van der Waals surface area contributed by atoms with Gasteiger partial charge >= 0.3 is 11.7 Å². The van der Waals surface area contributed by atoms with Crippen molar-refractivity contribution in [1.82, 2.24) is 9.55 Å². The smallest absolute Gasteiger partial charge is 0.338 e. The third kappa shape index (κ3) is 3.76. The minimum atomic E-state index is -0.408. The summed E-state index contributed by atoms with van der Waals surface area (Å²) in [6.07, 6.45) is 0.546. The average molecular weight is 405 g/mol. The molecule has 3 aromatic rings. The molecule has 0 bridgehead atoms. The fraction of sp³-hybridized carbons (Fsp3) is 0.222. The number of carbonyl (C=O) groups excluding carboxylic acids is 1. The van der Waals surface area contributed by atoms with E-state index in [1.54, 1.807) is 29.9 Å². The molecule has 1 N–H and O–H groups in total. The minimum absolute atomic E-state index is 0.161. The van der Waals surface area contributed by atoms with Crippen molar-refractivity contribution in [3.63, 3.8) is 0 Å². The topological polar surface area (TPSA) is 73.3 Å². The van der Waals surface area contributed by atoms with E-state index in [-0.39, 0.29) is 12.3 Å². The van der Waals surface area contributed by atoms with Gasteiger partial charge in [0.15, 0.2) is 0 Å². The molecular weight excluding hydrogens is 388 g/mol. The molecule has 0 spiro atoms. The Morgan fingerprint density at radius 3 is 2.80 bits per heavy atom. The number of fused-ring (bicyclic) bond motifs is 1. The second-order valence-corrected chi connectivity index (χ2v) is 6.29. The van der Waals surface area contributed by atoms with Crippen LogP contribution in [0, 0.1) is 0 Å². The largest absolute Gasteiger partial charge is 0.496 e. The number of benzene rings is 2. The van der Waals surface area contributed by atoms with Crippen LogP contribution in [0.25, 0.3) is 11.0 Å². The average Bonchev–Trinajstić information content (AvgIpc) is 2.93. The number of H-pyrrole nitrogens is 1. The van der Waals surface area contributed by atoms with Gasteiger partial charge in [0, 0.05) is 6.54 Å². The summed E-state index contributed by atoms with van der Waals surface area (Å²) in [5.74, 6) is 0.241. The lowest BCUT2D eigenvalue weighted by molar-refractivity contribution is 0.0496. The van der Waals surface area contributed by atoms with Gasteiger partial charge in [-0.05, 0) is 52.7 Å². The number of hydrogen-bond donors (Lipinski definition) is 1. The van der Waals surface area contributed by atoms with Crippen molar-refractivity contribution in [2.75, 3.05) is 13.7 Å². The minimum Gasteiger partial charge on any atom is -0.496 e. The quantitative estimate of drug-likeness (QED) is 0.504. The Morgan fingerprint density at radius 1 is 1.24 bits per heavy atom. The molecule has 0 amide bonds. The predicted molar refractivity (Wildman–Crippen MR) is 98.2 cm³/mol. The second-order valence-electron chi connectivity index (χ2n) is 5.44. The first kappa shape index (κ1) is 17.3. The Kier molecular flexibility index (Phi) is 5.23. The van der Waals surface area contributed by atoms with Gasteiger partial charge in [-0.3, -0.25) is 4.57 Å². The van der Waals surface area contributed by atoms with Crippen LogP contribution in [-0.2, 0) is 11.3 Å². The van der Waals surface area contributed by atoms with E-state index in [0.29, 0.717) is 28.8 Å². The molecular formula is C18H17BrN2O4. The second kappa shape index (κ2) is 7.57. The Balaban J connectivity index is 1.58. The lowest BCUT2D eigenvalue weighted by Crippen LogP contribution is -2.18. The van der Waals surface area contributed by atoms with Gasteiger partial charge in [0.2, 0.25) is 0 Å². The number of hydrogen-bond acceptors (Lipinski definition) is 4. The van der Waals surface area contributed by atoms with Crippen molar-refractivity contribution in [2.24, 2.45) is 0 Å². The Bertz CT molecular complexity index is 961. The van der Waals surface area contributed by atoms with Gasteiger partial charge in [0.05, 0.1) is 34.8 Å². The van der Waals surface area contributed by atoms with Gasteiger partial charge in [0.25, 0.3) is 0 Å². The monoisotopic (exact) mass is 404 g/mol. The maximum absolute atomic E-state index is 12.1. The van der Waals surface area contributed by atoms with Crippen molar-refractivity contribution in [3.05, 3.63) is 63.0 Å². The highest BCUT2D eigenvalue weighted by atomic mass is 79.9. The SMILES string of the molecule is COc1ccc(C(=O)OCCCn2c(=O)[nH]c3ccccc32)cc1Br. The fourth-order valence-corrected chi connectivity index (χ4v) is 3.13. The molecule has 3 rings (SSSR count). The zero-order chi connectivity index (χ0) is 17.8. The molecule has 6 nitrogen and oxygen atoms in total. The number of para-hydroxylation sites is 2. The Morgan fingerprint density at radius 2 is 2.04 bits per heavy atom. The van der Waals surface area contributed by atoms with Gasteiger partial charge in [0.1, 0.15) is 5.75 Å². The van der Waals surface area contributed by atoms with Gasteiger partial charge in [-0.1, -0.05) is 12.1 Å². The summed E-state index contributed by atoms with van der Waals surface area (Å²) in [5.41, 5.74) is 1.93. The Hall–Kier alpha value is -2.54. The number of aromatic amines is 1. The number of nitrogens with one attached hydrogen (secondary N) is 1. The van der Waals surface area contributed by atoms with E-state index in [2.05, 4.69) is 20.9 Å². The standard InChI is InChI=1S/C18H17BrN2O4/c1-24-16-8-7-12(11-13(16)19)17(22)25-10-4-9-21-15-6-3-2-5-14(15)20-18(21)23/h2-3,5-8,11H,4,9-10H2,1H3,(H,20,23). The first-order chi connectivity index (χ1) is 12.1. The first-order valence-electron chi connectivity index (χ1n) is 7.78. The molecule has 0 saturated heterocycles. The lowest BCUT2D eigenvalue weighted by atomic mass is 10.2. The lowest BCUT2D eigenvalue weighted by Gasteiger charge is -2.08. The highest BCUT2D eigenvalue weighted by molar-refractivity contribution is 9.10. The molecule has 2 aromatic carbocycles. The van der Waals surface area contributed by atoms with Crippen LogP contribution in [0.2, 0.25) is 0 Å². The van der Waals surface area contributed by atoms with Crippen LogP contribution in [0.5, 0.6) is 5.75 Å². The number of imidazole rings is 1. The molecule has 0 aliphatic carbocycles. The van der Waals surface area contributed by atoms with Crippen molar-refractivity contribution in [2.45, 2.75) is 13.0 Å². The summed E-state index contributed by atoms with van der Waals surface area (Å²) in [4.78, 5) is 26.8. The first-order valence-corrected chi connectivity index (χ1v) is 8.57.